The molecule has 1 N–H and O–H groups in total. The number of aryl methyl sites for hydroxylation is 2. The lowest BCUT2D eigenvalue weighted by atomic mass is 10.1. The molecule has 1 aromatic heterocycles. The van der Waals surface area contributed by atoms with E-state index < -0.39 is 0 Å². The molecule has 0 fully saturated rings. The summed E-state index contributed by atoms with van der Waals surface area (Å²) in [5, 5.41) is 5.68. The van der Waals surface area contributed by atoms with Crippen molar-refractivity contribution in [2.45, 2.75) is 20.8 Å². The SMILES string of the molecule is Cc1ccc(C)c(N2C(=O)C(Nc3cccc(Cl)c3C)=C(c3cccs3)C2=O)c1. The molecule has 146 valence electrons. The smallest absolute Gasteiger partial charge is 0.282 e. The lowest BCUT2D eigenvalue weighted by Gasteiger charge is -2.18. The second-order valence-electron chi connectivity index (χ2n) is 7.00. The standard InChI is InChI=1S/C23H19ClN2O2S/c1-13-9-10-14(2)18(12-13)26-22(27)20(19-8-5-11-29-19)21(23(26)28)25-17-7-4-6-16(24)15(17)3/h4-12,25H,1-3H3. The molecule has 0 spiro atoms. The van der Waals surface area contributed by atoms with Crippen molar-refractivity contribution in [2.75, 3.05) is 10.2 Å². The van der Waals surface area contributed by atoms with Crippen molar-refractivity contribution in [2.24, 2.45) is 0 Å². The Kier molecular flexibility index (Phi) is 5.03. The van der Waals surface area contributed by atoms with Crippen molar-refractivity contribution < 1.29 is 9.59 Å². The van der Waals surface area contributed by atoms with Crippen LogP contribution < -0.4 is 10.2 Å². The average Bonchev–Trinajstić information content (AvgIpc) is 3.28. The van der Waals surface area contributed by atoms with Crippen LogP contribution in [0.25, 0.3) is 5.57 Å². The third-order valence-corrected chi connectivity index (χ3v) is 6.28. The number of nitrogens with zero attached hydrogens (tertiary/aromatic N) is 1. The van der Waals surface area contributed by atoms with Crippen LogP contribution in [0.15, 0.2) is 59.6 Å². The molecule has 0 aliphatic carbocycles. The maximum atomic E-state index is 13.4. The predicted octanol–water partition coefficient (Wildman–Crippen LogP) is 5.72. The lowest BCUT2D eigenvalue weighted by molar-refractivity contribution is -0.120. The molecule has 0 saturated carbocycles. The first-order valence-electron chi connectivity index (χ1n) is 9.15. The molecule has 29 heavy (non-hydrogen) atoms. The Morgan fingerprint density at radius 3 is 2.48 bits per heavy atom. The molecule has 0 bridgehead atoms. The van der Waals surface area contributed by atoms with Crippen LogP contribution in [0.1, 0.15) is 21.6 Å². The number of carbonyl (C=O) groups excluding carboxylic acids is 2. The summed E-state index contributed by atoms with van der Waals surface area (Å²) >= 11 is 7.68. The minimum absolute atomic E-state index is 0.267. The van der Waals surface area contributed by atoms with Crippen LogP contribution in [0, 0.1) is 20.8 Å². The molecule has 2 amide bonds. The highest BCUT2D eigenvalue weighted by molar-refractivity contribution is 7.11. The van der Waals surface area contributed by atoms with Gasteiger partial charge in [0.15, 0.2) is 0 Å². The van der Waals surface area contributed by atoms with Gasteiger partial charge in [-0.1, -0.05) is 35.9 Å². The van der Waals surface area contributed by atoms with E-state index in [1.54, 1.807) is 6.07 Å². The molecule has 2 heterocycles. The summed E-state index contributed by atoms with van der Waals surface area (Å²) in [6.45, 7) is 5.71. The zero-order chi connectivity index (χ0) is 20.7. The molecule has 0 radical (unpaired) electrons. The summed E-state index contributed by atoms with van der Waals surface area (Å²) in [4.78, 5) is 28.9. The van der Waals surface area contributed by atoms with Crippen molar-refractivity contribution in [3.8, 4) is 0 Å². The third kappa shape index (κ3) is 3.37. The number of hydrogen-bond donors (Lipinski definition) is 1. The quantitative estimate of drug-likeness (QED) is 0.547. The van der Waals surface area contributed by atoms with Crippen LogP contribution in [-0.2, 0) is 9.59 Å². The highest BCUT2D eigenvalue weighted by Crippen LogP contribution is 2.37. The van der Waals surface area contributed by atoms with Gasteiger partial charge >= 0.3 is 0 Å². The van der Waals surface area contributed by atoms with Gasteiger partial charge < -0.3 is 5.32 Å². The zero-order valence-corrected chi connectivity index (χ0v) is 17.8. The maximum Gasteiger partial charge on any atom is 0.282 e. The summed E-state index contributed by atoms with van der Waals surface area (Å²) in [6, 6.07) is 14.9. The number of anilines is 2. The Morgan fingerprint density at radius 2 is 1.76 bits per heavy atom. The van der Waals surface area contributed by atoms with Crippen molar-refractivity contribution in [1.82, 2.24) is 0 Å². The van der Waals surface area contributed by atoms with E-state index in [1.165, 1.54) is 16.2 Å². The van der Waals surface area contributed by atoms with E-state index in [0.717, 1.165) is 21.6 Å². The number of rotatable bonds is 4. The number of halogens is 1. The largest absolute Gasteiger partial charge is 0.350 e. The van der Waals surface area contributed by atoms with Crippen LogP contribution in [0.5, 0.6) is 0 Å². The summed E-state index contributed by atoms with van der Waals surface area (Å²) in [7, 11) is 0. The second-order valence-corrected chi connectivity index (χ2v) is 8.36. The average molecular weight is 423 g/mol. The predicted molar refractivity (Wildman–Crippen MR) is 119 cm³/mol. The maximum absolute atomic E-state index is 13.4. The molecular formula is C23H19ClN2O2S. The lowest BCUT2D eigenvalue weighted by Crippen LogP contribution is -2.33. The van der Waals surface area contributed by atoms with E-state index in [0.29, 0.717) is 22.0 Å². The first kappa shape index (κ1) is 19.4. The van der Waals surface area contributed by atoms with Gasteiger partial charge in [0.1, 0.15) is 5.70 Å². The van der Waals surface area contributed by atoms with Crippen LogP contribution in [0.2, 0.25) is 5.02 Å². The Balaban J connectivity index is 1.85. The molecule has 0 saturated heterocycles. The van der Waals surface area contributed by atoms with Gasteiger partial charge in [0, 0.05) is 15.6 Å². The Bertz CT molecular complexity index is 1170. The Labute approximate surface area is 178 Å². The molecular weight excluding hydrogens is 404 g/mol. The van der Waals surface area contributed by atoms with Crippen molar-refractivity contribution in [3.05, 3.63) is 86.2 Å². The van der Waals surface area contributed by atoms with Gasteiger partial charge in [-0.3, -0.25) is 9.59 Å². The molecule has 2 aromatic carbocycles. The van der Waals surface area contributed by atoms with Crippen molar-refractivity contribution >= 4 is 51.7 Å². The van der Waals surface area contributed by atoms with Crippen molar-refractivity contribution in [3.63, 3.8) is 0 Å². The third-order valence-electron chi connectivity index (χ3n) is 4.98. The minimum atomic E-state index is -0.369. The molecule has 4 nitrogen and oxygen atoms in total. The van der Waals surface area contributed by atoms with E-state index in [1.807, 2.05) is 68.6 Å². The number of thiophene rings is 1. The fraction of sp³-hybridized carbons (Fsp3) is 0.130. The van der Waals surface area contributed by atoms with Gasteiger partial charge in [-0.25, -0.2) is 4.90 Å². The fourth-order valence-electron chi connectivity index (χ4n) is 3.35. The van der Waals surface area contributed by atoms with Gasteiger partial charge in [0.25, 0.3) is 11.8 Å². The summed E-state index contributed by atoms with van der Waals surface area (Å²) in [5.74, 6) is -0.695. The number of amides is 2. The first-order valence-corrected chi connectivity index (χ1v) is 10.4. The number of benzene rings is 2. The van der Waals surface area contributed by atoms with Crippen LogP contribution >= 0.6 is 22.9 Å². The number of carbonyl (C=O) groups is 2. The zero-order valence-electron chi connectivity index (χ0n) is 16.2. The van der Waals surface area contributed by atoms with Crippen molar-refractivity contribution in [1.29, 1.82) is 0 Å². The molecule has 3 aromatic rings. The van der Waals surface area contributed by atoms with Crippen LogP contribution in [0.4, 0.5) is 11.4 Å². The van der Waals surface area contributed by atoms with E-state index in [-0.39, 0.29) is 17.5 Å². The Morgan fingerprint density at radius 1 is 0.966 bits per heavy atom. The first-order chi connectivity index (χ1) is 13.9. The summed E-state index contributed by atoms with van der Waals surface area (Å²) in [5.41, 5.74) is 4.62. The van der Waals surface area contributed by atoms with E-state index in [2.05, 4.69) is 5.32 Å². The van der Waals surface area contributed by atoms with E-state index in [9.17, 15) is 9.59 Å². The molecule has 0 unspecified atom stereocenters. The molecule has 1 aliphatic rings. The van der Waals surface area contributed by atoms with E-state index >= 15 is 0 Å². The van der Waals surface area contributed by atoms with E-state index in [4.69, 9.17) is 11.6 Å². The highest BCUT2D eigenvalue weighted by Gasteiger charge is 2.41. The number of nitrogens with one attached hydrogen (secondary N) is 1. The Hall–Kier alpha value is -2.89. The molecule has 6 heteroatoms. The number of hydrogen-bond acceptors (Lipinski definition) is 4. The fourth-order valence-corrected chi connectivity index (χ4v) is 4.29. The van der Waals surface area contributed by atoms with Gasteiger partial charge in [0.05, 0.1) is 11.3 Å². The van der Waals surface area contributed by atoms with Gasteiger partial charge in [-0.05, 0) is 67.1 Å². The molecule has 4 rings (SSSR count). The van der Waals surface area contributed by atoms with Crippen LogP contribution in [0.3, 0.4) is 0 Å². The summed E-state index contributed by atoms with van der Waals surface area (Å²) < 4.78 is 0. The molecule has 0 atom stereocenters. The summed E-state index contributed by atoms with van der Waals surface area (Å²) in [6.07, 6.45) is 0. The monoisotopic (exact) mass is 422 g/mol. The molecule has 1 aliphatic heterocycles. The highest BCUT2D eigenvalue weighted by atomic mass is 35.5. The number of imide groups is 1. The van der Waals surface area contributed by atoms with Gasteiger partial charge in [-0.2, -0.15) is 0 Å². The minimum Gasteiger partial charge on any atom is -0.350 e. The topological polar surface area (TPSA) is 49.4 Å². The normalized spacial score (nSPS) is 14.1. The van der Waals surface area contributed by atoms with Crippen LogP contribution in [-0.4, -0.2) is 11.8 Å². The van der Waals surface area contributed by atoms with Gasteiger partial charge in [0.2, 0.25) is 0 Å². The second kappa shape index (κ2) is 7.50. The van der Waals surface area contributed by atoms with Gasteiger partial charge in [-0.15, -0.1) is 11.3 Å².